The number of fused-ring (bicyclic) bond motifs is 1. The molecule has 2 aromatic rings. The molecule has 2 aliphatic rings. The van der Waals surface area contributed by atoms with Gasteiger partial charge in [-0.25, -0.2) is 0 Å². The fourth-order valence-electron chi connectivity index (χ4n) is 3.64. The van der Waals surface area contributed by atoms with Crippen molar-refractivity contribution in [1.29, 1.82) is 0 Å². The lowest BCUT2D eigenvalue weighted by molar-refractivity contribution is -0.125. The minimum atomic E-state index is -0.539. The quantitative estimate of drug-likeness (QED) is 0.823. The minimum absolute atomic E-state index is 0.0935. The van der Waals surface area contributed by atoms with Gasteiger partial charge in [-0.05, 0) is 30.7 Å². The molecule has 0 radical (unpaired) electrons. The SMILES string of the molecule is CC(C(=O)NCc1ccc(CN2CCOCC2)o1)N1Cc2ccccc2C1=O. The average Bonchev–Trinajstić information content (AvgIpc) is 3.31. The van der Waals surface area contributed by atoms with Gasteiger partial charge < -0.3 is 19.4 Å². The second-order valence-corrected chi connectivity index (χ2v) is 7.24. The normalized spacial score (nSPS) is 18.2. The fraction of sp³-hybridized carbons (Fsp3) is 0.429. The maximum atomic E-state index is 12.6. The number of nitrogens with zero attached hydrogens (tertiary/aromatic N) is 2. The number of furan rings is 1. The Morgan fingerprint density at radius 3 is 2.68 bits per heavy atom. The van der Waals surface area contributed by atoms with Gasteiger partial charge in [0.1, 0.15) is 17.6 Å². The Morgan fingerprint density at radius 1 is 1.14 bits per heavy atom. The molecule has 0 bridgehead atoms. The molecule has 2 amide bonds. The maximum Gasteiger partial charge on any atom is 0.255 e. The van der Waals surface area contributed by atoms with Crippen LogP contribution in [0.25, 0.3) is 0 Å². The molecule has 0 spiro atoms. The largest absolute Gasteiger partial charge is 0.463 e. The van der Waals surface area contributed by atoms with Crippen LogP contribution in [0.15, 0.2) is 40.8 Å². The molecule has 1 aromatic carbocycles. The summed E-state index contributed by atoms with van der Waals surface area (Å²) in [7, 11) is 0. The molecular weight excluding hydrogens is 358 g/mol. The van der Waals surface area contributed by atoms with Crippen molar-refractivity contribution in [3.63, 3.8) is 0 Å². The molecular formula is C21H25N3O4. The van der Waals surface area contributed by atoms with Crippen LogP contribution < -0.4 is 5.32 Å². The van der Waals surface area contributed by atoms with Crippen LogP contribution in [0, 0.1) is 0 Å². The van der Waals surface area contributed by atoms with E-state index in [4.69, 9.17) is 9.15 Å². The third-order valence-electron chi connectivity index (χ3n) is 5.33. The lowest BCUT2D eigenvalue weighted by Crippen LogP contribution is -2.44. The number of ether oxygens (including phenoxy) is 1. The molecule has 1 unspecified atom stereocenters. The Bertz CT molecular complexity index is 857. The predicted molar refractivity (Wildman–Crippen MR) is 102 cm³/mol. The Hall–Kier alpha value is -2.64. The van der Waals surface area contributed by atoms with Crippen molar-refractivity contribution in [3.8, 4) is 0 Å². The van der Waals surface area contributed by atoms with E-state index < -0.39 is 6.04 Å². The summed E-state index contributed by atoms with van der Waals surface area (Å²) in [6.45, 7) is 6.57. The van der Waals surface area contributed by atoms with Crippen LogP contribution in [-0.2, 0) is 29.2 Å². The zero-order valence-corrected chi connectivity index (χ0v) is 16.0. The highest BCUT2D eigenvalue weighted by Crippen LogP contribution is 2.24. The average molecular weight is 383 g/mol. The Labute approximate surface area is 164 Å². The molecule has 1 aromatic heterocycles. The first kappa shape index (κ1) is 18.7. The first-order valence-electron chi connectivity index (χ1n) is 9.66. The second-order valence-electron chi connectivity index (χ2n) is 7.24. The zero-order valence-electron chi connectivity index (χ0n) is 16.0. The summed E-state index contributed by atoms with van der Waals surface area (Å²) in [5.74, 6) is 1.31. The highest BCUT2D eigenvalue weighted by Gasteiger charge is 2.33. The van der Waals surface area contributed by atoms with E-state index >= 15 is 0 Å². The van der Waals surface area contributed by atoms with E-state index in [0.29, 0.717) is 24.4 Å². The van der Waals surface area contributed by atoms with Gasteiger partial charge in [0.15, 0.2) is 0 Å². The highest BCUT2D eigenvalue weighted by molar-refractivity contribution is 6.00. The molecule has 2 aliphatic heterocycles. The van der Waals surface area contributed by atoms with Crippen LogP contribution in [0.4, 0.5) is 0 Å². The zero-order chi connectivity index (χ0) is 19.5. The summed E-state index contributed by atoms with van der Waals surface area (Å²) in [4.78, 5) is 29.0. The lowest BCUT2D eigenvalue weighted by Gasteiger charge is -2.25. The molecule has 1 N–H and O–H groups in total. The molecule has 1 atom stereocenters. The summed E-state index contributed by atoms with van der Waals surface area (Å²) in [5.41, 5.74) is 1.65. The molecule has 3 heterocycles. The maximum absolute atomic E-state index is 12.6. The van der Waals surface area contributed by atoms with E-state index in [1.807, 2.05) is 30.3 Å². The van der Waals surface area contributed by atoms with Crippen molar-refractivity contribution >= 4 is 11.8 Å². The smallest absolute Gasteiger partial charge is 0.255 e. The Balaban J connectivity index is 1.29. The molecule has 1 fully saturated rings. The summed E-state index contributed by atoms with van der Waals surface area (Å²) in [5, 5.41) is 2.88. The fourth-order valence-corrected chi connectivity index (χ4v) is 3.64. The number of morpholine rings is 1. The second kappa shape index (κ2) is 8.16. The van der Waals surface area contributed by atoms with Crippen LogP contribution >= 0.6 is 0 Å². The van der Waals surface area contributed by atoms with Gasteiger partial charge in [0, 0.05) is 25.2 Å². The van der Waals surface area contributed by atoms with E-state index in [1.165, 1.54) is 0 Å². The molecule has 0 aliphatic carbocycles. The van der Waals surface area contributed by atoms with Crippen LogP contribution in [0.5, 0.6) is 0 Å². The monoisotopic (exact) mass is 383 g/mol. The van der Waals surface area contributed by atoms with E-state index in [9.17, 15) is 9.59 Å². The summed E-state index contributed by atoms with van der Waals surface area (Å²) >= 11 is 0. The van der Waals surface area contributed by atoms with Crippen LogP contribution in [0.2, 0.25) is 0 Å². The van der Waals surface area contributed by atoms with Crippen molar-refractivity contribution in [3.05, 3.63) is 59.0 Å². The predicted octanol–water partition coefficient (Wildman–Crippen LogP) is 1.77. The van der Waals surface area contributed by atoms with Crippen molar-refractivity contribution in [1.82, 2.24) is 15.1 Å². The number of carbonyl (C=O) groups excluding carboxylic acids is 2. The first-order chi connectivity index (χ1) is 13.6. The van der Waals surface area contributed by atoms with Crippen LogP contribution in [0.3, 0.4) is 0 Å². The standard InChI is InChI=1S/C21H25N3O4/c1-15(24-13-16-4-2-3-5-19(16)21(24)26)20(25)22-12-17-6-7-18(28-17)14-23-8-10-27-11-9-23/h2-7,15H,8-14H2,1H3,(H,22,25). The topological polar surface area (TPSA) is 75.0 Å². The number of nitrogens with one attached hydrogen (secondary N) is 1. The van der Waals surface area contributed by atoms with Gasteiger partial charge in [-0.3, -0.25) is 14.5 Å². The summed E-state index contributed by atoms with van der Waals surface area (Å²) in [6.07, 6.45) is 0. The number of amides is 2. The van der Waals surface area contributed by atoms with Gasteiger partial charge in [0.05, 0.1) is 26.3 Å². The van der Waals surface area contributed by atoms with Gasteiger partial charge in [0.25, 0.3) is 5.91 Å². The van der Waals surface area contributed by atoms with Gasteiger partial charge in [0.2, 0.25) is 5.91 Å². The number of hydrogen-bond donors (Lipinski definition) is 1. The molecule has 4 rings (SSSR count). The number of benzene rings is 1. The van der Waals surface area contributed by atoms with E-state index in [2.05, 4.69) is 10.2 Å². The third-order valence-corrected chi connectivity index (χ3v) is 5.33. The number of rotatable bonds is 6. The number of hydrogen-bond acceptors (Lipinski definition) is 5. The highest BCUT2D eigenvalue weighted by atomic mass is 16.5. The molecule has 0 saturated carbocycles. The first-order valence-corrected chi connectivity index (χ1v) is 9.66. The Morgan fingerprint density at radius 2 is 1.89 bits per heavy atom. The molecule has 1 saturated heterocycles. The van der Waals surface area contributed by atoms with Crippen molar-refractivity contribution in [2.45, 2.75) is 32.6 Å². The van der Waals surface area contributed by atoms with E-state index in [1.54, 1.807) is 17.9 Å². The van der Waals surface area contributed by atoms with Crippen molar-refractivity contribution in [2.75, 3.05) is 26.3 Å². The minimum Gasteiger partial charge on any atom is -0.463 e. The van der Waals surface area contributed by atoms with Crippen molar-refractivity contribution < 1.29 is 18.7 Å². The van der Waals surface area contributed by atoms with E-state index in [0.717, 1.165) is 44.2 Å². The lowest BCUT2D eigenvalue weighted by atomic mass is 10.1. The van der Waals surface area contributed by atoms with Crippen LogP contribution in [0.1, 0.15) is 34.4 Å². The molecule has 148 valence electrons. The van der Waals surface area contributed by atoms with Gasteiger partial charge in [-0.15, -0.1) is 0 Å². The van der Waals surface area contributed by atoms with E-state index in [-0.39, 0.29) is 11.8 Å². The van der Waals surface area contributed by atoms with Gasteiger partial charge in [-0.2, -0.15) is 0 Å². The molecule has 7 nitrogen and oxygen atoms in total. The Kier molecular flexibility index (Phi) is 5.45. The molecule has 28 heavy (non-hydrogen) atoms. The molecule has 7 heteroatoms. The summed E-state index contributed by atoms with van der Waals surface area (Å²) in [6, 6.07) is 10.8. The van der Waals surface area contributed by atoms with Crippen molar-refractivity contribution in [2.24, 2.45) is 0 Å². The summed E-state index contributed by atoms with van der Waals surface area (Å²) < 4.78 is 11.2. The van der Waals surface area contributed by atoms with Crippen LogP contribution in [-0.4, -0.2) is 54.0 Å². The third kappa shape index (κ3) is 3.95. The van der Waals surface area contributed by atoms with Gasteiger partial charge >= 0.3 is 0 Å². The number of carbonyl (C=O) groups is 2. The van der Waals surface area contributed by atoms with Gasteiger partial charge in [-0.1, -0.05) is 18.2 Å².